The highest BCUT2D eigenvalue weighted by atomic mass is 16.1. The minimum atomic E-state index is 0.0385. The molecule has 1 aromatic carbocycles. The molecule has 2 fully saturated rings. The van der Waals surface area contributed by atoms with Crippen LogP contribution in [0.2, 0.25) is 0 Å². The van der Waals surface area contributed by atoms with Crippen LogP contribution < -0.4 is 10.2 Å². The number of hydrogen-bond acceptors (Lipinski definition) is 3. The first-order valence-electron chi connectivity index (χ1n) is 7.77. The van der Waals surface area contributed by atoms with Gasteiger partial charge in [-0.25, -0.2) is 4.98 Å². The number of hydrogen-bond donors (Lipinski definition) is 1. The van der Waals surface area contributed by atoms with Crippen molar-refractivity contribution in [2.75, 3.05) is 18.0 Å². The predicted octanol–water partition coefficient (Wildman–Crippen LogP) is 2.73. The fourth-order valence-electron chi connectivity index (χ4n) is 2.95. The van der Waals surface area contributed by atoms with Crippen LogP contribution in [0, 0.1) is 0 Å². The van der Waals surface area contributed by atoms with Gasteiger partial charge in [-0.15, -0.1) is 0 Å². The van der Waals surface area contributed by atoms with Crippen molar-refractivity contribution < 1.29 is 4.79 Å². The molecule has 4 rings (SSSR count). The molecule has 21 heavy (non-hydrogen) atoms. The summed E-state index contributed by atoms with van der Waals surface area (Å²) in [4.78, 5) is 19.5. The Labute approximate surface area is 124 Å². The van der Waals surface area contributed by atoms with Gasteiger partial charge in [0.25, 0.3) is 5.91 Å². The average molecular weight is 281 g/mol. The van der Waals surface area contributed by atoms with Gasteiger partial charge in [0, 0.05) is 24.5 Å². The molecule has 1 N–H and O–H groups in total. The zero-order chi connectivity index (χ0) is 14.2. The van der Waals surface area contributed by atoms with Crippen molar-refractivity contribution in [3.8, 4) is 0 Å². The highest BCUT2D eigenvalue weighted by molar-refractivity contribution is 6.07. The van der Waals surface area contributed by atoms with E-state index in [0.717, 1.165) is 48.2 Å². The molecule has 0 radical (unpaired) electrons. The monoisotopic (exact) mass is 281 g/mol. The van der Waals surface area contributed by atoms with Crippen LogP contribution in [0.5, 0.6) is 0 Å². The Bertz CT molecular complexity index is 687. The number of fused-ring (bicyclic) bond motifs is 1. The summed E-state index contributed by atoms with van der Waals surface area (Å²) in [5.41, 5.74) is 1.66. The third-order valence-corrected chi connectivity index (χ3v) is 4.29. The largest absolute Gasteiger partial charge is 0.357 e. The van der Waals surface area contributed by atoms with Crippen LogP contribution in [-0.2, 0) is 0 Å². The average Bonchev–Trinajstić information content (AvgIpc) is 3.16. The third-order valence-electron chi connectivity index (χ3n) is 4.29. The van der Waals surface area contributed by atoms with Gasteiger partial charge in [0.1, 0.15) is 5.82 Å². The normalized spacial score (nSPS) is 18.2. The Morgan fingerprint density at radius 1 is 1.19 bits per heavy atom. The number of carbonyl (C=O) groups excluding carboxylic acids is 1. The van der Waals surface area contributed by atoms with Gasteiger partial charge in [-0.3, -0.25) is 4.79 Å². The lowest BCUT2D eigenvalue weighted by atomic mass is 10.1. The number of aromatic nitrogens is 1. The molecular formula is C17H19N3O. The molecule has 1 aliphatic heterocycles. The van der Waals surface area contributed by atoms with E-state index in [1.807, 2.05) is 30.3 Å². The molecule has 0 atom stereocenters. The van der Waals surface area contributed by atoms with Crippen LogP contribution in [0.25, 0.3) is 10.9 Å². The lowest BCUT2D eigenvalue weighted by molar-refractivity contribution is 0.0952. The zero-order valence-electron chi connectivity index (χ0n) is 12.0. The highest BCUT2D eigenvalue weighted by Gasteiger charge is 2.25. The number of benzene rings is 1. The summed E-state index contributed by atoms with van der Waals surface area (Å²) in [7, 11) is 0. The molecule has 0 unspecified atom stereocenters. The van der Waals surface area contributed by atoms with Crippen LogP contribution in [-0.4, -0.2) is 30.0 Å². The van der Waals surface area contributed by atoms with Gasteiger partial charge in [-0.1, -0.05) is 18.2 Å². The second-order valence-corrected chi connectivity index (χ2v) is 5.99. The molecule has 4 heteroatoms. The molecular weight excluding hydrogens is 262 g/mol. The maximum Gasteiger partial charge on any atom is 0.252 e. The lowest BCUT2D eigenvalue weighted by Gasteiger charge is -2.18. The van der Waals surface area contributed by atoms with Gasteiger partial charge in [-0.2, -0.15) is 0 Å². The molecule has 0 spiro atoms. The van der Waals surface area contributed by atoms with Crippen molar-refractivity contribution in [3.05, 3.63) is 35.9 Å². The first-order chi connectivity index (χ1) is 10.3. The second-order valence-electron chi connectivity index (χ2n) is 5.99. The van der Waals surface area contributed by atoms with Crippen molar-refractivity contribution in [2.24, 2.45) is 0 Å². The van der Waals surface area contributed by atoms with E-state index in [0.29, 0.717) is 6.04 Å². The zero-order valence-corrected chi connectivity index (χ0v) is 12.0. The standard InChI is InChI=1S/C17H19N3O/c21-17(18-12-7-8-12)14-11-16(20-9-3-4-10-20)19-15-6-2-1-5-13(14)15/h1-2,5-6,11-12H,3-4,7-10H2,(H,18,21). The van der Waals surface area contributed by atoms with E-state index in [2.05, 4.69) is 10.2 Å². The van der Waals surface area contributed by atoms with Crippen LogP contribution in [0.15, 0.2) is 30.3 Å². The summed E-state index contributed by atoms with van der Waals surface area (Å²) in [5.74, 6) is 0.976. The third kappa shape index (κ3) is 2.46. The number of pyridine rings is 1. The topological polar surface area (TPSA) is 45.2 Å². The fourth-order valence-corrected chi connectivity index (χ4v) is 2.95. The van der Waals surface area contributed by atoms with Crippen LogP contribution in [0.4, 0.5) is 5.82 Å². The molecule has 0 bridgehead atoms. The molecule has 2 aromatic rings. The maximum atomic E-state index is 12.5. The quantitative estimate of drug-likeness (QED) is 0.941. The van der Waals surface area contributed by atoms with Gasteiger partial charge in [0.15, 0.2) is 0 Å². The van der Waals surface area contributed by atoms with Crippen LogP contribution in [0.1, 0.15) is 36.0 Å². The number of rotatable bonds is 3. The Morgan fingerprint density at radius 2 is 1.95 bits per heavy atom. The summed E-state index contributed by atoms with van der Waals surface area (Å²) < 4.78 is 0. The Kier molecular flexibility index (Phi) is 3.02. The van der Waals surface area contributed by atoms with Gasteiger partial charge in [-0.05, 0) is 37.8 Å². The number of nitrogens with one attached hydrogen (secondary N) is 1. The Morgan fingerprint density at radius 3 is 2.71 bits per heavy atom. The Hall–Kier alpha value is -2.10. The molecule has 1 saturated heterocycles. The number of nitrogens with zero attached hydrogens (tertiary/aromatic N) is 2. The second kappa shape index (κ2) is 5.02. The van der Waals surface area contributed by atoms with E-state index in [4.69, 9.17) is 4.98 Å². The number of para-hydroxylation sites is 1. The Balaban J connectivity index is 1.79. The lowest BCUT2D eigenvalue weighted by Crippen LogP contribution is -2.26. The number of carbonyl (C=O) groups is 1. The summed E-state index contributed by atoms with van der Waals surface area (Å²) in [6.07, 6.45) is 4.62. The van der Waals surface area contributed by atoms with Crippen molar-refractivity contribution in [2.45, 2.75) is 31.7 Å². The van der Waals surface area contributed by atoms with Gasteiger partial charge < -0.3 is 10.2 Å². The van der Waals surface area contributed by atoms with Crippen LogP contribution >= 0.6 is 0 Å². The van der Waals surface area contributed by atoms with Gasteiger partial charge in [0.05, 0.1) is 11.1 Å². The maximum absolute atomic E-state index is 12.5. The molecule has 2 aliphatic rings. The smallest absolute Gasteiger partial charge is 0.252 e. The molecule has 4 nitrogen and oxygen atoms in total. The molecule has 1 aromatic heterocycles. The number of anilines is 1. The van der Waals surface area contributed by atoms with Crippen molar-refractivity contribution in [1.29, 1.82) is 0 Å². The first-order valence-corrected chi connectivity index (χ1v) is 7.77. The number of amides is 1. The van der Waals surface area contributed by atoms with Gasteiger partial charge >= 0.3 is 0 Å². The van der Waals surface area contributed by atoms with Crippen molar-refractivity contribution in [1.82, 2.24) is 10.3 Å². The highest BCUT2D eigenvalue weighted by Crippen LogP contribution is 2.26. The first kappa shape index (κ1) is 12.6. The summed E-state index contributed by atoms with van der Waals surface area (Å²) in [5, 5.41) is 4.04. The van der Waals surface area contributed by atoms with E-state index in [-0.39, 0.29) is 5.91 Å². The molecule has 2 heterocycles. The van der Waals surface area contributed by atoms with E-state index in [1.54, 1.807) is 0 Å². The molecule has 1 aliphatic carbocycles. The SMILES string of the molecule is O=C(NC1CC1)c1cc(N2CCCC2)nc2ccccc12. The van der Waals surface area contributed by atoms with Crippen molar-refractivity contribution >= 4 is 22.6 Å². The van der Waals surface area contributed by atoms with E-state index in [1.165, 1.54) is 12.8 Å². The predicted molar refractivity (Wildman–Crippen MR) is 83.7 cm³/mol. The summed E-state index contributed by atoms with van der Waals surface area (Å²) in [6.45, 7) is 2.07. The molecule has 108 valence electrons. The summed E-state index contributed by atoms with van der Waals surface area (Å²) in [6, 6.07) is 10.3. The van der Waals surface area contributed by atoms with E-state index in [9.17, 15) is 4.79 Å². The van der Waals surface area contributed by atoms with Crippen molar-refractivity contribution in [3.63, 3.8) is 0 Å². The molecule has 1 saturated carbocycles. The fraction of sp³-hybridized carbons (Fsp3) is 0.412. The minimum Gasteiger partial charge on any atom is -0.357 e. The molecule has 1 amide bonds. The van der Waals surface area contributed by atoms with Gasteiger partial charge in [0.2, 0.25) is 0 Å². The van der Waals surface area contributed by atoms with E-state index < -0.39 is 0 Å². The minimum absolute atomic E-state index is 0.0385. The summed E-state index contributed by atoms with van der Waals surface area (Å²) >= 11 is 0. The van der Waals surface area contributed by atoms with E-state index >= 15 is 0 Å². The van der Waals surface area contributed by atoms with Crippen LogP contribution in [0.3, 0.4) is 0 Å².